The summed E-state index contributed by atoms with van der Waals surface area (Å²) >= 11 is 0. The van der Waals surface area contributed by atoms with Crippen molar-refractivity contribution in [2.24, 2.45) is 0 Å². The number of rotatable bonds is 11. The summed E-state index contributed by atoms with van der Waals surface area (Å²) in [6, 6.07) is 10.9. The third-order valence-electron chi connectivity index (χ3n) is 4.23. The minimum Gasteiger partial charge on any atom is -0.494 e. The van der Waals surface area contributed by atoms with Crippen LogP contribution in [0.15, 0.2) is 53.4 Å². The van der Waals surface area contributed by atoms with E-state index in [1.54, 1.807) is 24.3 Å². The molecule has 0 bridgehead atoms. The predicted molar refractivity (Wildman–Crippen MR) is 115 cm³/mol. The van der Waals surface area contributed by atoms with E-state index in [0.29, 0.717) is 24.6 Å². The first-order chi connectivity index (χ1) is 14.2. The average Bonchev–Trinajstić information content (AvgIpc) is 2.70. The molecule has 164 valence electrons. The first-order valence-electron chi connectivity index (χ1n) is 9.66. The number of hydrogen-bond acceptors (Lipinski definition) is 5. The summed E-state index contributed by atoms with van der Waals surface area (Å²) in [5.74, 6) is -0.373. The van der Waals surface area contributed by atoms with Gasteiger partial charge >= 0.3 is 0 Å². The maximum Gasteiger partial charge on any atom is 0.264 e. The molecule has 0 fully saturated rings. The molecule has 0 unspecified atom stereocenters. The molecule has 0 radical (unpaired) electrons. The van der Waals surface area contributed by atoms with Gasteiger partial charge in [-0.15, -0.1) is 0 Å². The highest BCUT2D eigenvalue weighted by Gasteiger charge is 2.27. The maximum absolute atomic E-state index is 13.3. The molecule has 9 heteroatoms. The van der Waals surface area contributed by atoms with Gasteiger partial charge in [0.25, 0.3) is 10.0 Å². The van der Waals surface area contributed by atoms with Gasteiger partial charge in [0.1, 0.15) is 18.1 Å². The van der Waals surface area contributed by atoms with Gasteiger partial charge in [-0.3, -0.25) is 9.10 Å². The third-order valence-corrected chi connectivity index (χ3v) is 6.02. The van der Waals surface area contributed by atoms with E-state index >= 15 is 0 Å². The molecule has 2 rings (SSSR count). The molecule has 0 aliphatic heterocycles. The highest BCUT2D eigenvalue weighted by molar-refractivity contribution is 7.92. The molecule has 1 amide bonds. The molecule has 0 heterocycles. The van der Waals surface area contributed by atoms with E-state index in [4.69, 9.17) is 4.74 Å². The number of ether oxygens (including phenoxy) is 1. The molecule has 30 heavy (non-hydrogen) atoms. The summed E-state index contributed by atoms with van der Waals surface area (Å²) in [5, 5.41) is 2.75. The smallest absolute Gasteiger partial charge is 0.264 e. The highest BCUT2D eigenvalue weighted by Crippen LogP contribution is 2.26. The van der Waals surface area contributed by atoms with E-state index in [9.17, 15) is 17.6 Å². The fourth-order valence-electron chi connectivity index (χ4n) is 2.73. The Balaban J connectivity index is 2.25. The Morgan fingerprint density at radius 2 is 1.70 bits per heavy atom. The zero-order chi connectivity index (χ0) is 22.1. The number of halogens is 1. The zero-order valence-corrected chi connectivity index (χ0v) is 18.3. The van der Waals surface area contributed by atoms with E-state index in [1.165, 1.54) is 12.1 Å². The number of amides is 1. The largest absolute Gasteiger partial charge is 0.494 e. The minimum atomic E-state index is -4.08. The lowest BCUT2D eigenvalue weighted by Gasteiger charge is -2.24. The fourth-order valence-corrected chi connectivity index (χ4v) is 4.15. The summed E-state index contributed by atoms with van der Waals surface area (Å²) in [5.41, 5.74) is 0.311. The van der Waals surface area contributed by atoms with Crippen molar-refractivity contribution in [3.05, 3.63) is 54.3 Å². The fraction of sp³-hybridized carbons (Fsp3) is 0.381. The monoisotopic (exact) mass is 437 g/mol. The topological polar surface area (TPSA) is 79.0 Å². The van der Waals surface area contributed by atoms with Crippen LogP contribution in [0, 0.1) is 5.82 Å². The van der Waals surface area contributed by atoms with Crippen molar-refractivity contribution in [1.82, 2.24) is 10.2 Å². The number of nitrogens with one attached hydrogen (secondary N) is 1. The lowest BCUT2D eigenvalue weighted by Crippen LogP contribution is -2.41. The van der Waals surface area contributed by atoms with Gasteiger partial charge in [-0.05, 0) is 82.5 Å². The van der Waals surface area contributed by atoms with Crippen LogP contribution < -0.4 is 14.4 Å². The van der Waals surface area contributed by atoms with Gasteiger partial charge in [0.2, 0.25) is 5.91 Å². The minimum absolute atomic E-state index is 0.0989. The number of carbonyl (C=O) groups is 1. The summed E-state index contributed by atoms with van der Waals surface area (Å²) in [6.07, 6.45) is 0.743. The van der Waals surface area contributed by atoms with Crippen molar-refractivity contribution < 1.29 is 22.3 Å². The molecule has 0 spiro atoms. The van der Waals surface area contributed by atoms with E-state index in [0.717, 1.165) is 29.4 Å². The van der Waals surface area contributed by atoms with Crippen molar-refractivity contribution in [2.45, 2.75) is 18.2 Å². The Kier molecular flexibility index (Phi) is 8.61. The lowest BCUT2D eigenvalue weighted by atomic mass is 10.3. The van der Waals surface area contributed by atoms with Crippen molar-refractivity contribution in [3.8, 4) is 5.75 Å². The zero-order valence-electron chi connectivity index (χ0n) is 17.5. The second kappa shape index (κ2) is 10.9. The molecule has 0 aliphatic rings. The highest BCUT2D eigenvalue weighted by atomic mass is 32.2. The summed E-state index contributed by atoms with van der Waals surface area (Å²) in [7, 11) is -0.208. The van der Waals surface area contributed by atoms with Gasteiger partial charge in [-0.1, -0.05) is 0 Å². The van der Waals surface area contributed by atoms with Gasteiger partial charge in [-0.25, -0.2) is 12.8 Å². The van der Waals surface area contributed by atoms with Gasteiger partial charge < -0.3 is 15.0 Å². The van der Waals surface area contributed by atoms with Crippen LogP contribution in [0.25, 0.3) is 0 Å². The van der Waals surface area contributed by atoms with Crippen LogP contribution >= 0.6 is 0 Å². The molecule has 0 saturated heterocycles. The second-order valence-electron chi connectivity index (χ2n) is 6.90. The standard InChI is InChI=1S/C21H28FN3O4S/c1-4-29-19-10-8-18(9-11-19)25(16-21(26)23-14-5-15-24(2)3)30(27,28)20-12-6-17(22)7-13-20/h6-13H,4-5,14-16H2,1-3H3,(H,23,26). The first kappa shape index (κ1) is 23.6. The van der Waals surface area contributed by atoms with Crippen molar-refractivity contribution >= 4 is 21.6 Å². The first-order valence-corrected chi connectivity index (χ1v) is 11.1. The molecule has 0 aliphatic carbocycles. The van der Waals surface area contributed by atoms with E-state index in [-0.39, 0.29) is 4.90 Å². The summed E-state index contributed by atoms with van der Waals surface area (Å²) in [4.78, 5) is 14.4. The summed E-state index contributed by atoms with van der Waals surface area (Å²) in [6.45, 7) is 3.17. The van der Waals surface area contributed by atoms with Crippen molar-refractivity contribution in [2.75, 3.05) is 44.6 Å². The molecule has 7 nitrogen and oxygen atoms in total. The van der Waals surface area contributed by atoms with E-state index in [1.807, 2.05) is 25.9 Å². The van der Waals surface area contributed by atoms with Gasteiger partial charge in [0.15, 0.2) is 0 Å². The van der Waals surface area contributed by atoms with Crippen molar-refractivity contribution in [3.63, 3.8) is 0 Å². The molecular formula is C21H28FN3O4S. The molecule has 2 aromatic carbocycles. The quantitative estimate of drug-likeness (QED) is 0.547. The second-order valence-corrected chi connectivity index (χ2v) is 8.76. The Morgan fingerprint density at radius 3 is 2.27 bits per heavy atom. The van der Waals surface area contributed by atoms with Crippen LogP contribution in [0.5, 0.6) is 5.75 Å². The molecule has 0 aromatic heterocycles. The third kappa shape index (κ3) is 6.70. The van der Waals surface area contributed by atoms with Crippen LogP contribution in [0.2, 0.25) is 0 Å². The number of sulfonamides is 1. The van der Waals surface area contributed by atoms with Crippen LogP contribution in [0.3, 0.4) is 0 Å². The van der Waals surface area contributed by atoms with Gasteiger partial charge in [-0.2, -0.15) is 0 Å². The number of anilines is 1. The van der Waals surface area contributed by atoms with Gasteiger partial charge in [0, 0.05) is 6.54 Å². The van der Waals surface area contributed by atoms with Crippen LogP contribution in [-0.2, 0) is 14.8 Å². The molecular weight excluding hydrogens is 409 g/mol. The van der Waals surface area contributed by atoms with Gasteiger partial charge in [0.05, 0.1) is 17.2 Å². The van der Waals surface area contributed by atoms with Crippen LogP contribution in [0.4, 0.5) is 10.1 Å². The van der Waals surface area contributed by atoms with Crippen molar-refractivity contribution in [1.29, 1.82) is 0 Å². The van der Waals surface area contributed by atoms with E-state index < -0.39 is 28.3 Å². The maximum atomic E-state index is 13.3. The Hall–Kier alpha value is -2.65. The Labute approximate surface area is 177 Å². The van der Waals surface area contributed by atoms with E-state index in [2.05, 4.69) is 5.32 Å². The Morgan fingerprint density at radius 1 is 1.07 bits per heavy atom. The average molecular weight is 438 g/mol. The van der Waals surface area contributed by atoms with Crippen LogP contribution in [-0.4, -0.2) is 59.6 Å². The lowest BCUT2D eigenvalue weighted by molar-refractivity contribution is -0.119. The molecule has 0 saturated carbocycles. The SMILES string of the molecule is CCOc1ccc(N(CC(=O)NCCCN(C)C)S(=O)(=O)c2ccc(F)cc2)cc1. The molecule has 1 N–H and O–H groups in total. The molecule has 0 atom stereocenters. The number of hydrogen-bond donors (Lipinski definition) is 1. The number of carbonyl (C=O) groups excluding carboxylic acids is 1. The van der Waals surface area contributed by atoms with Crippen LogP contribution in [0.1, 0.15) is 13.3 Å². The predicted octanol–water partition coefficient (Wildman–Crippen LogP) is 2.49. The molecule has 2 aromatic rings. The normalized spacial score (nSPS) is 11.4. The number of nitrogens with zero attached hydrogens (tertiary/aromatic N) is 2. The Bertz CT molecular complexity index is 916. The number of benzene rings is 2. The summed E-state index contributed by atoms with van der Waals surface area (Å²) < 4.78 is 46.1.